The largest absolute Gasteiger partial charge is 0.350 e. The normalized spacial score (nSPS) is 12.3. The third kappa shape index (κ3) is 2.59. The van der Waals surface area contributed by atoms with Gasteiger partial charge in [0.05, 0.1) is 6.04 Å². The Morgan fingerprint density at radius 2 is 2.00 bits per heavy atom. The second-order valence-corrected chi connectivity index (χ2v) is 3.78. The van der Waals surface area contributed by atoms with Gasteiger partial charge in [-0.25, -0.2) is 0 Å². The lowest BCUT2D eigenvalue weighted by Gasteiger charge is -2.15. The molecule has 0 heterocycles. The Balaban J connectivity index is 2.90. The molecule has 2 heteroatoms. The van der Waals surface area contributed by atoms with Crippen LogP contribution in [-0.4, -0.2) is 5.91 Å². The SMILES string of the molecule is CC(=O)N[C@H](C)c1ccc(C)cc1C. The predicted octanol–water partition coefficient (Wildman–Crippen LogP) is 2.50. The van der Waals surface area contributed by atoms with E-state index in [1.807, 2.05) is 6.92 Å². The van der Waals surface area contributed by atoms with Crippen LogP contribution in [0.4, 0.5) is 0 Å². The minimum atomic E-state index is 0.0116. The first-order valence-corrected chi connectivity index (χ1v) is 4.85. The highest BCUT2D eigenvalue weighted by Gasteiger charge is 2.08. The number of rotatable bonds is 2. The van der Waals surface area contributed by atoms with Gasteiger partial charge in [0.1, 0.15) is 0 Å². The molecule has 0 aliphatic carbocycles. The molecule has 2 nitrogen and oxygen atoms in total. The number of nitrogens with one attached hydrogen (secondary N) is 1. The molecular formula is C12H17NO. The molecule has 1 rings (SSSR count). The molecule has 0 radical (unpaired) electrons. The molecule has 0 unspecified atom stereocenters. The summed E-state index contributed by atoms with van der Waals surface area (Å²) in [5.41, 5.74) is 3.67. The summed E-state index contributed by atoms with van der Waals surface area (Å²) >= 11 is 0. The lowest BCUT2D eigenvalue weighted by Crippen LogP contribution is -2.24. The van der Waals surface area contributed by atoms with E-state index < -0.39 is 0 Å². The quantitative estimate of drug-likeness (QED) is 0.764. The Labute approximate surface area is 85.3 Å². The van der Waals surface area contributed by atoms with Crippen molar-refractivity contribution in [2.75, 3.05) is 0 Å². The number of carbonyl (C=O) groups excluding carboxylic acids is 1. The average molecular weight is 191 g/mol. The molecule has 76 valence electrons. The fourth-order valence-corrected chi connectivity index (χ4v) is 1.69. The Bertz CT molecular complexity index is 344. The van der Waals surface area contributed by atoms with E-state index >= 15 is 0 Å². The molecule has 1 aromatic carbocycles. The monoisotopic (exact) mass is 191 g/mol. The minimum Gasteiger partial charge on any atom is -0.350 e. The van der Waals surface area contributed by atoms with Crippen LogP contribution in [-0.2, 0) is 4.79 Å². The van der Waals surface area contributed by atoms with Crippen molar-refractivity contribution in [3.8, 4) is 0 Å². The third-order valence-corrected chi connectivity index (χ3v) is 2.31. The van der Waals surface area contributed by atoms with Crippen LogP contribution in [0.2, 0.25) is 0 Å². The number of hydrogen-bond acceptors (Lipinski definition) is 1. The van der Waals surface area contributed by atoms with E-state index in [0.717, 1.165) is 0 Å². The summed E-state index contributed by atoms with van der Waals surface area (Å²) in [6, 6.07) is 6.37. The van der Waals surface area contributed by atoms with Gasteiger partial charge in [-0.15, -0.1) is 0 Å². The van der Waals surface area contributed by atoms with Crippen molar-refractivity contribution in [2.24, 2.45) is 0 Å². The van der Waals surface area contributed by atoms with E-state index in [0.29, 0.717) is 0 Å². The van der Waals surface area contributed by atoms with Crippen LogP contribution in [0.3, 0.4) is 0 Å². The van der Waals surface area contributed by atoms with Crippen molar-refractivity contribution < 1.29 is 4.79 Å². The first-order chi connectivity index (χ1) is 6.50. The summed E-state index contributed by atoms with van der Waals surface area (Å²) in [4.78, 5) is 10.9. The molecule has 1 amide bonds. The molecule has 0 saturated heterocycles. The molecule has 1 N–H and O–H groups in total. The zero-order chi connectivity index (χ0) is 10.7. The van der Waals surface area contributed by atoms with Crippen LogP contribution in [0.15, 0.2) is 18.2 Å². The molecule has 0 aliphatic heterocycles. The van der Waals surface area contributed by atoms with Gasteiger partial charge in [0.25, 0.3) is 0 Å². The Morgan fingerprint density at radius 3 is 2.50 bits per heavy atom. The standard InChI is InChI=1S/C12H17NO/c1-8-5-6-12(9(2)7-8)10(3)13-11(4)14/h5-7,10H,1-4H3,(H,13,14)/t10-/m1/s1. The van der Waals surface area contributed by atoms with Gasteiger partial charge in [-0.05, 0) is 31.9 Å². The lowest BCUT2D eigenvalue weighted by atomic mass is 10.0. The van der Waals surface area contributed by atoms with Gasteiger partial charge in [0.2, 0.25) is 5.91 Å². The van der Waals surface area contributed by atoms with Crippen LogP contribution < -0.4 is 5.32 Å². The highest BCUT2D eigenvalue weighted by atomic mass is 16.1. The van der Waals surface area contributed by atoms with Crippen molar-refractivity contribution in [1.82, 2.24) is 5.32 Å². The highest BCUT2D eigenvalue weighted by molar-refractivity contribution is 5.73. The van der Waals surface area contributed by atoms with Crippen LogP contribution in [0, 0.1) is 13.8 Å². The lowest BCUT2D eigenvalue weighted by molar-refractivity contribution is -0.119. The van der Waals surface area contributed by atoms with Gasteiger partial charge in [0, 0.05) is 6.92 Å². The van der Waals surface area contributed by atoms with Crippen molar-refractivity contribution >= 4 is 5.91 Å². The summed E-state index contributed by atoms with van der Waals surface area (Å²) in [5.74, 6) is 0.0116. The zero-order valence-electron chi connectivity index (χ0n) is 9.22. The molecule has 14 heavy (non-hydrogen) atoms. The number of benzene rings is 1. The predicted molar refractivity (Wildman–Crippen MR) is 58.1 cm³/mol. The second-order valence-electron chi connectivity index (χ2n) is 3.78. The summed E-state index contributed by atoms with van der Waals surface area (Å²) in [6.45, 7) is 7.68. The minimum absolute atomic E-state index is 0.0116. The third-order valence-electron chi connectivity index (χ3n) is 2.31. The fourth-order valence-electron chi connectivity index (χ4n) is 1.69. The molecule has 0 aliphatic rings. The summed E-state index contributed by atoms with van der Waals surface area (Å²) in [7, 11) is 0. The van der Waals surface area contributed by atoms with Gasteiger partial charge in [-0.3, -0.25) is 4.79 Å². The molecular weight excluding hydrogens is 174 g/mol. The second kappa shape index (κ2) is 4.27. The number of amides is 1. The highest BCUT2D eigenvalue weighted by Crippen LogP contribution is 2.18. The maximum Gasteiger partial charge on any atom is 0.217 e. The van der Waals surface area contributed by atoms with Gasteiger partial charge < -0.3 is 5.32 Å². The molecule has 0 saturated carbocycles. The van der Waals surface area contributed by atoms with Crippen LogP contribution in [0.1, 0.15) is 36.6 Å². The van der Waals surface area contributed by atoms with Crippen molar-refractivity contribution in [2.45, 2.75) is 33.7 Å². The maximum atomic E-state index is 10.9. The molecule has 1 aromatic rings. The summed E-state index contributed by atoms with van der Waals surface area (Å²) in [6.07, 6.45) is 0. The number of hydrogen-bond donors (Lipinski definition) is 1. The number of aryl methyl sites for hydroxylation is 2. The summed E-state index contributed by atoms with van der Waals surface area (Å²) < 4.78 is 0. The van der Waals surface area contributed by atoms with Gasteiger partial charge in [-0.1, -0.05) is 23.8 Å². The van der Waals surface area contributed by atoms with Crippen LogP contribution in [0.25, 0.3) is 0 Å². The maximum absolute atomic E-state index is 10.9. The fraction of sp³-hybridized carbons (Fsp3) is 0.417. The first-order valence-electron chi connectivity index (χ1n) is 4.85. The van der Waals surface area contributed by atoms with Crippen molar-refractivity contribution in [1.29, 1.82) is 0 Å². The van der Waals surface area contributed by atoms with Crippen molar-refractivity contribution in [3.05, 3.63) is 34.9 Å². The topological polar surface area (TPSA) is 29.1 Å². The smallest absolute Gasteiger partial charge is 0.217 e. The van der Waals surface area contributed by atoms with E-state index in [4.69, 9.17) is 0 Å². The van der Waals surface area contributed by atoms with Crippen LogP contribution in [0.5, 0.6) is 0 Å². The van der Waals surface area contributed by atoms with E-state index in [-0.39, 0.29) is 11.9 Å². The van der Waals surface area contributed by atoms with Crippen molar-refractivity contribution in [3.63, 3.8) is 0 Å². The Kier molecular flexibility index (Phi) is 3.28. The first kappa shape index (κ1) is 10.8. The molecule has 0 bridgehead atoms. The van der Waals surface area contributed by atoms with E-state index in [2.05, 4.69) is 37.4 Å². The Hall–Kier alpha value is -1.31. The Morgan fingerprint density at radius 1 is 1.36 bits per heavy atom. The van der Waals surface area contributed by atoms with Gasteiger partial charge in [-0.2, -0.15) is 0 Å². The van der Waals surface area contributed by atoms with E-state index in [1.54, 1.807) is 6.92 Å². The van der Waals surface area contributed by atoms with E-state index in [9.17, 15) is 4.79 Å². The number of carbonyl (C=O) groups is 1. The van der Waals surface area contributed by atoms with E-state index in [1.165, 1.54) is 16.7 Å². The van der Waals surface area contributed by atoms with Crippen LogP contribution >= 0.6 is 0 Å². The zero-order valence-corrected chi connectivity index (χ0v) is 9.22. The summed E-state index contributed by atoms with van der Waals surface area (Å²) in [5, 5.41) is 2.88. The molecule has 1 atom stereocenters. The molecule has 0 spiro atoms. The van der Waals surface area contributed by atoms with Gasteiger partial charge in [0.15, 0.2) is 0 Å². The van der Waals surface area contributed by atoms with Gasteiger partial charge >= 0.3 is 0 Å². The molecule has 0 fully saturated rings. The average Bonchev–Trinajstić information content (AvgIpc) is 2.01. The molecule has 0 aromatic heterocycles.